The fraction of sp³-hybridized carbons (Fsp3) is 0.350. The van der Waals surface area contributed by atoms with E-state index in [2.05, 4.69) is 25.6 Å². The van der Waals surface area contributed by atoms with Crippen molar-refractivity contribution < 1.29 is 18.7 Å². The lowest BCUT2D eigenvalue weighted by Gasteiger charge is -2.22. The highest BCUT2D eigenvalue weighted by Gasteiger charge is 2.18. The van der Waals surface area contributed by atoms with Crippen LogP contribution in [0.15, 0.2) is 36.7 Å². The number of rotatable bonds is 6. The van der Waals surface area contributed by atoms with Gasteiger partial charge in [-0.15, -0.1) is 5.10 Å². The number of carbonyl (C=O) groups excluding carboxylic acids is 1. The van der Waals surface area contributed by atoms with E-state index in [1.165, 1.54) is 24.5 Å². The molecule has 1 aliphatic heterocycles. The third-order valence-electron chi connectivity index (χ3n) is 4.83. The van der Waals surface area contributed by atoms with Gasteiger partial charge in [0.1, 0.15) is 29.5 Å². The van der Waals surface area contributed by atoms with E-state index in [9.17, 15) is 9.18 Å². The lowest BCUT2D eigenvalue weighted by molar-refractivity contribution is 0.0694. The normalized spacial score (nSPS) is 14.5. The summed E-state index contributed by atoms with van der Waals surface area (Å²) in [6, 6.07) is 6.09. The predicted octanol–water partition coefficient (Wildman–Crippen LogP) is 1.90. The maximum Gasteiger partial charge on any atom is 0.271 e. The number of hydrogen-bond donors (Lipinski definition) is 1. The molecule has 1 aromatic carbocycles. The zero-order valence-corrected chi connectivity index (χ0v) is 16.4. The van der Waals surface area contributed by atoms with Crippen molar-refractivity contribution >= 4 is 5.91 Å². The average molecular weight is 412 g/mol. The van der Waals surface area contributed by atoms with Gasteiger partial charge in [0.2, 0.25) is 5.88 Å². The number of halogens is 1. The molecule has 3 aromatic rings. The van der Waals surface area contributed by atoms with Crippen molar-refractivity contribution in [2.45, 2.75) is 25.5 Å². The third-order valence-corrected chi connectivity index (χ3v) is 4.83. The predicted molar refractivity (Wildman–Crippen MR) is 104 cm³/mol. The van der Waals surface area contributed by atoms with Crippen LogP contribution in [-0.2, 0) is 18.4 Å². The van der Waals surface area contributed by atoms with Crippen molar-refractivity contribution in [2.75, 3.05) is 13.2 Å². The molecule has 0 unspecified atom stereocenters. The Morgan fingerprint density at radius 2 is 2.00 bits per heavy atom. The maximum atomic E-state index is 13.2. The number of ether oxygens (including phenoxy) is 2. The molecule has 0 atom stereocenters. The second-order valence-corrected chi connectivity index (χ2v) is 6.90. The summed E-state index contributed by atoms with van der Waals surface area (Å²) in [7, 11) is 1.74. The summed E-state index contributed by atoms with van der Waals surface area (Å²) in [5.74, 6) is -0.323. The maximum absolute atomic E-state index is 13.2. The fourth-order valence-electron chi connectivity index (χ4n) is 3.12. The Morgan fingerprint density at radius 1 is 1.23 bits per heavy atom. The lowest BCUT2D eigenvalue weighted by atomic mass is 10.1. The van der Waals surface area contributed by atoms with E-state index in [1.807, 2.05) is 0 Å². The van der Waals surface area contributed by atoms with Gasteiger partial charge in [-0.3, -0.25) is 4.79 Å². The number of benzene rings is 1. The monoisotopic (exact) mass is 412 g/mol. The van der Waals surface area contributed by atoms with E-state index in [4.69, 9.17) is 9.47 Å². The van der Waals surface area contributed by atoms with Crippen LogP contribution in [0.4, 0.5) is 4.39 Å². The van der Waals surface area contributed by atoms with Crippen LogP contribution in [0.1, 0.15) is 29.0 Å². The SMILES string of the molecule is Cn1nnc(-c2ccc(F)cc2)c1COc1cnc(C(=O)NC2CCOCC2)cn1. The van der Waals surface area contributed by atoms with E-state index in [0.29, 0.717) is 24.6 Å². The van der Waals surface area contributed by atoms with Gasteiger partial charge in [-0.2, -0.15) is 0 Å². The highest BCUT2D eigenvalue weighted by molar-refractivity contribution is 5.92. The first-order valence-corrected chi connectivity index (χ1v) is 9.58. The summed E-state index contributed by atoms with van der Waals surface area (Å²) >= 11 is 0. The molecule has 9 nitrogen and oxygen atoms in total. The molecular weight excluding hydrogens is 391 g/mol. The average Bonchev–Trinajstić information content (AvgIpc) is 3.14. The Morgan fingerprint density at radius 3 is 2.70 bits per heavy atom. The molecule has 1 N–H and O–H groups in total. The van der Waals surface area contributed by atoms with Crippen molar-refractivity contribution in [3.63, 3.8) is 0 Å². The van der Waals surface area contributed by atoms with Crippen LogP contribution in [0.5, 0.6) is 5.88 Å². The van der Waals surface area contributed by atoms with E-state index in [1.54, 1.807) is 23.9 Å². The Hall–Kier alpha value is -3.40. The van der Waals surface area contributed by atoms with Gasteiger partial charge in [0, 0.05) is 31.9 Å². The van der Waals surface area contributed by atoms with Gasteiger partial charge in [-0.05, 0) is 37.1 Å². The minimum absolute atomic E-state index is 0.0891. The summed E-state index contributed by atoms with van der Waals surface area (Å²) in [6.07, 6.45) is 4.36. The Kier molecular flexibility index (Phi) is 5.94. The van der Waals surface area contributed by atoms with Crippen molar-refractivity contribution in [1.29, 1.82) is 0 Å². The first kappa shape index (κ1) is 19.9. The molecule has 0 spiro atoms. The van der Waals surface area contributed by atoms with Gasteiger partial charge < -0.3 is 14.8 Å². The highest BCUT2D eigenvalue weighted by atomic mass is 19.1. The molecule has 0 radical (unpaired) electrons. The van der Waals surface area contributed by atoms with Crippen molar-refractivity contribution in [1.82, 2.24) is 30.3 Å². The molecule has 4 rings (SSSR count). The molecule has 10 heteroatoms. The van der Waals surface area contributed by atoms with E-state index in [0.717, 1.165) is 18.4 Å². The van der Waals surface area contributed by atoms with E-state index in [-0.39, 0.29) is 35.9 Å². The number of nitrogens with zero attached hydrogens (tertiary/aromatic N) is 5. The zero-order valence-electron chi connectivity index (χ0n) is 16.4. The molecule has 1 saturated heterocycles. The summed E-state index contributed by atoms with van der Waals surface area (Å²) < 4.78 is 25.8. The van der Waals surface area contributed by atoms with Crippen LogP contribution in [0.3, 0.4) is 0 Å². The molecule has 1 aliphatic rings. The van der Waals surface area contributed by atoms with Crippen LogP contribution >= 0.6 is 0 Å². The first-order chi connectivity index (χ1) is 14.6. The highest BCUT2D eigenvalue weighted by Crippen LogP contribution is 2.22. The molecule has 0 bridgehead atoms. The second kappa shape index (κ2) is 8.95. The van der Waals surface area contributed by atoms with Crippen LogP contribution in [0.2, 0.25) is 0 Å². The standard InChI is InChI=1S/C20H21FN6O3/c1-27-17(19(25-26-27)13-2-4-14(21)5-3-13)12-30-18-11-22-16(10-23-18)20(28)24-15-6-8-29-9-7-15/h2-5,10-11,15H,6-9,12H2,1H3,(H,24,28). The van der Waals surface area contributed by atoms with E-state index >= 15 is 0 Å². The Labute approximate surface area is 172 Å². The van der Waals surface area contributed by atoms with Crippen LogP contribution in [0, 0.1) is 5.82 Å². The lowest BCUT2D eigenvalue weighted by Crippen LogP contribution is -2.39. The zero-order chi connectivity index (χ0) is 20.9. The van der Waals surface area contributed by atoms with Gasteiger partial charge in [-0.1, -0.05) is 5.21 Å². The van der Waals surface area contributed by atoms with Crippen LogP contribution in [-0.4, -0.2) is 50.1 Å². The van der Waals surface area contributed by atoms with Crippen LogP contribution < -0.4 is 10.1 Å². The van der Waals surface area contributed by atoms with E-state index < -0.39 is 0 Å². The molecule has 1 fully saturated rings. The Balaban J connectivity index is 1.39. The van der Waals surface area contributed by atoms with Crippen molar-refractivity contribution in [3.8, 4) is 17.1 Å². The molecule has 30 heavy (non-hydrogen) atoms. The molecule has 0 aliphatic carbocycles. The quantitative estimate of drug-likeness (QED) is 0.659. The number of carbonyl (C=O) groups is 1. The second-order valence-electron chi connectivity index (χ2n) is 6.90. The van der Waals surface area contributed by atoms with Gasteiger partial charge >= 0.3 is 0 Å². The van der Waals surface area contributed by atoms with Gasteiger partial charge in [0.05, 0.1) is 12.4 Å². The van der Waals surface area contributed by atoms with Gasteiger partial charge in [0.15, 0.2) is 0 Å². The summed E-state index contributed by atoms with van der Waals surface area (Å²) in [5.41, 5.74) is 2.25. The number of aromatic nitrogens is 5. The summed E-state index contributed by atoms with van der Waals surface area (Å²) in [4.78, 5) is 20.6. The number of aryl methyl sites for hydroxylation is 1. The smallest absolute Gasteiger partial charge is 0.271 e. The minimum atomic E-state index is -0.323. The molecule has 156 valence electrons. The first-order valence-electron chi connectivity index (χ1n) is 9.58. The Bertz CT molecular complexity index is 1000. The number of hydrogen-bond acceptors (Lipinski definition) is 7. The molecule has 3 heterocycles. The van der Waals surface area contributed by atoms with Crippen molar-refractivity contribution in [3.05, 3.63) is 53.9 Å². The third kappa shape index (κ3) is 4.60. The molecular formula is C20H21FN6O3. The fourth-order valence-corrected chi connectivity index (χ4v) is 3.12. The van der Waals surface area contributed by atoms with Gasteiger partial charge in [-0.25, -0.2) is 19.0 Å². The number of amides is 1. The van der Waals surface area contributed by atoms with Crippen molar-refractivity contribution in [2.24, 2.45) is 7.05 Å². The number of nitrogens with one attached hydrogen (secondary N) is 1. The molecule has 2 aromatic heterocycles. The topological polar surface area (TPSA) is 104 Å². The molecule has 0 saturated carbocycles. The largest absolute Gasteiger partial charge is 0.470 e. The minimum Gasteiger partial charge on any atom is -0.470 e. The molecule has 1 amide bonds. The summed E-state index contributed by atoms with van der Waals surface area (Å²) in [6.45, 7) is 1.43. The van der Waals surface area contributed by atoms with Crippen LogP contribution in [0.25, 0.3) is 11.3 Å². The van der Waals surface area contributed by atoms with Gasteiger partial charge in [0.25, 0.3) is 5.91 Å². The summed E-state index contributed by atoms with van der Waals surface area (Å²) in [5, 5.41) is 11.1.